The van der Waals surface area contributed by atoms with Crippen LogP contribution < -0.4 is 3.58 Å². The van der Waals surface area contributed by atoms with E-state index in [9.17, 15) is 0 Å². The van der Waals surface area contributed by atoms with E-state index >= 15 is 0 Å². The third-order valence-corrected chi connectivity index (χ3v) is 23.8. The molecule has 0 aliphatic carbocycles. The number of ether oxygens (including phenoxy) is 2. The fourth-order valence-corrected chi connectivity index (χ4v) is 23.0. The molecule has 0 bridgehead atoms. The first kappa shape index (κ1) is 28.5. The molecule has 2 aliphatic rings. The molecule has 5 heteroatoms. The summed E-state index contributed by atoms with van der Waals surface area (Å²) in [5, 5.41) is 0. The average molecular weight is 589 g/mol. The summed E-state index contributed by atoms with van der Waals surface area (Å²) in [6.45, 7) is 17.4. The van der Waals surface area contributed by atoms with Crippen molar-refractivity contribution >= 4 is 33.8 Å². The Morgan fingerprint density at radius 1 is 0.743 bits per heavy atom. The van der Waals surface area contributed by atoms with Crippen LogP contribution in [0.3, 0.4) is 0 Å². The first-order valence-electron chi connectivity index (χ1n) is 14.4. The van der Waals surface area contributed by atoms with Crippen molar-refractivity contribution < 1.29 is 9.47 Å². The van der Waals surface area contributed by atoms with E-state index in [1.54, 1.807) is 3.58 Å². The zero-order valence-electron chi connectivity index (χ0n) is 23.5. The molecule has 1 aromatic rings. The van der Waals surface area contributed by atoms with Gasteiger partial charge in [0.05, 0.1) is 0 Å². The third kappa shape index (κ3) is 6.84. The van der Waals surface area contributed by atoms with Crippen LogP contribution in [-0.4, -0.2) is 55.5 Å². The van der Waals surface area contributed by atoms with Crippen LogP contribution in [0.5, 0.6) is 0 Å². The van der Waals surface area contributed by atoms with Gasteiger partial charge in [0.2, 0.25) is 0 Å². The Balaban J connectivity index is 2.23. The molecule has 1 aromatic carbocycles. The zero-order valence-corrected chi connectivity index (χ0v) is 26.4. The van der Waals surface area contributed by atoms with Gasteiger partial charge in [-0.3, -0.25) is 0 Å². The number of unbranched alkanes of at least 4 members (excludes halogenated alkanes) is 3. The maximum absolute atomic E-state index is 6.34. The van der Waals surface area contributed by atoms with Crippen LogP contribution in [0.1, 0.15) is 98.1 Å². The summed E-state index contributed by atoms with van der Waals surface area (Å²) in [7, 11) is 0. The van der Waals surface area contributed by atoms with E-state index in [2.05, 4.69) is 66.7 Å². The Morgan fingerprint density at radius 3 is 1.46 bits per heavy atom. The Hall–Kier alpha value is -1.04. The summed E-state index contributed by atoms with van der Waals surface area (Å²) in [4.78, 5) is 10.3. The number of rotatable bonds is 14. The van der Waals surface area contributed by atoms with Crippen molar-refractivity contribution in [2.45, 2.75) is 112 Å². The fraction of sp³-hybridized carbons (Fsp3) is 0.733. The molecule has 2 heterocycles. The van der Waals surface area contributed by atoms with E-state index in [1.807, 2.05) is 0 Å². The van der Waals surface area contributed by atoms with Gasteiger partial charge in [-0.25, -0.2) is 0 Å². The predicted octanol–water partition coefficient (Wildman–Crippen LogP) is 7.35. The molecule has 2 aliphatic heterocycles. The summed E-state index contributed by atoms with van der Waals surface area (Å²) >= 11 is -2.88. The normalized spacial score (nSPS) is 20.3. The molecule has 0 amide bonds. The quantitative estimate of drug-likeness (QED) is 0.213. The molecule has 2 atom stereocenters. The van der Waals surface area contributed by atoms with Crippen molar-refractivity contribution in [3.8, 4) is 0 Å². The number of hydrogen-bond donors (Lipinski definition) is 0. The van der Waals surface area contributed by atoms with E-state index in [1.165, 1.54) is 63.0 Å². The van der Waals surface area contributed by atoms with Gasteiger partial charge >= 0.3 is 220 Å². The molecule has 0 radical (unpaired) electrons. The third-order valence-electron chi connectivity index (χ3n) is 7.97. The Bertz CT molecular complexity index is 803. The Kier molecular flexibility index (Phi) is 11.0. The maximum atomic E-state index is 6.34. The molecule has 0 aromatic heterocycles. The molecule has 0 spiro atoms. The van der Waals surface area contributed by atoms with Crippen LogP contribution >= 0.6 is 0 Å². The van der Waals surface area contributed by atoms with Gasteiger partial charge in [0.1, 0.15) is 0 Å². The minimum atomic E-state index is -2.88. The summed E-state index contributed by atoms with van der Waals surface area (Å²) in [6.07, 6.45) is 7.74. The predicted molar refractivity (Wildman–Crippen MR) is 153 cm³/mol. The average Bonchev–Trinajstić information content (AvgIpc) is 3.54. The van der Waals surface area contributed by atoms with Crippen molar-refractivity contribution in [2.24, 2.45) is 21.8 Å². The summed E-state index contributed by atoms with van der Waals surface area (Å²) in [5.74, 6) is 2.74. The molecule has 0 saturated heterocycles. The first-order valence-corrected chi connectivity index (χ1v) is 21.9. The summed E-state index contributed by atoms with van der Waals surface area (Å²) < 4.78 is 18.5. The van der Waals surface area contributed by atoms with Gasteiger partial charge < -0.3 is 0 Å². The SMILES string of the molecule is CCC[CH2][Sn]([CH2]CCC)([CH2]CCC)[c]1c(C2=N[C@@H](C(C)C)CO2)cccc1C1=N[C@@H](C(C)C)CO1. The van der Waals surface area contributed by atoms with E-state index in [0.717, 1.165) is 11.8 Å². The summed E-state index contributed by atoms with van der Waals surface area (Å²) in [6, 6.07) is 7.28. The minimum absolute atomic E-state index is 0.249. The Morgan fingerprint density at radius 2 is 1.14 bits per heavy atom. The second-order valence-electron chi connectivity index (χ2n) is 11.4. The molecule has 35 heavy (non-hydrogen) atoms. The van der Waals surface area contributed by atoms with Crippen LogP contribution in [0.4, 0.5) is 0 Å². The number of aliphatic imine (C=N–C) groups is 2. The van der Waals surface area contributed by atoms with E-state index in [-0.39, 0.29) is 12.1 Å². The molecule has 196 valence electrons. The van der Waals surface area contributed by atoms with Crippen LogP contribution in [-0.2, 0) is 9.47 Å². The van der Waals surface area contributed by atoms with Crippen molar-refractivity contribution in [1.29, 1.82) is 0 Å². The molecule has 4 nitrogen and oxygen atoms in total. The molecular weight excluding hydrogens is 539 g/mol. The molecule has 0 fully saturated rings. The first-order chi connectivity index (χ1) is 16.9. The fourth-order valence-electron chi connectivity index (χ4n) is 5.53. The number of nitrogens with zero attached hydrogens (tertiary/aromatic N) is 2. The van der Waals surface area contributed by atoms with Gasteiger partial charge in [-0.15, -0.1) is 0 Å². The van der Waals surface area contributed by atoms with Gasteiger partial charge in [-0.05, 0) is 0 Å². The molecule has 3 rings (SSSR count). The monoisotopic (exact) mass is 590 g/mol. The molecular formula is C30H50N2O2Sn. The second kappa shape index (κ2) is 13.5. The summed E-state index contributed by atoms with van der Waals surface area (Å²) in [5.41, 5.74) is 2.54. The van der Waals surface area contributed by atoms with Crippen LogP contribution in [0.2, 0.25) is 13.3 Å². The number of benzene rings is 1. The van der Waals surface area contributed by atoms with Gasteiger partial charge in [-0.2, -0.15) is 0 Å². The molecule has 0 saturated carbocycles. The van der Waals surface area contributed by atoms with Crippen LogP contribution in [0.25, 0.3) is 0 Å². The van der Waals surface area contributed by atoms with Crippen molar-refractivity contribution in [2.75, 3.05) is 13.2 Å². The van der Waals surface area contributed by atoms with Gasteiger partial charge in [-0.1, -0.05) is 0 Å². The molecule has 0 unspecified atom stereocenters. The molecule has 0 N–H and O–H groups in total. The van der Waals surface area contributed by atoms with Crippen LogP contribution in [0, 0.1) is 11.8 Å². The zero-order chi connectivity index (χ0) is 25.4. The standard InChI is InChI=1S/C18H23N2O2.3C4H9.Sn/c1-11(2)15-9-21-17(19-15)13-6-5-7-14(8-13)18-20-16(10-22-18)12(3)4;3*1-3-4-2;/h5-7,11-12,15-16H,9-10H2,1-4H3;3*1,3-4H2,2H3;/t15-,16-;;;;/m1..../s1. The van der Waals surface area contributed by atoms with Gasteiger partial charge in [0, 0.05) is 0 Å². The topological polar surface area (TPSA) is 43.2 Å². The second-order valence-corrected chi connectivity index (χ2v) is 24.4. The van der Waals surface area contributed by atoms with E-state index in [0.29, 0.717) is 25.0 Å². The van der Waals surface area contributed by atoms with Crippen molar-refractivity contribution in [1.82, 2.24) is 0 Å². The van der Waals surface area contributed by atoms with Crippen LogP contribution in [0.15, 0.2) is 28.2 Å². The van der Waals surface area contributed by atoms with Crippen molar-refractivity contribution in [3.05, 3.63) is 29.3 Å². The van der Waals surface area contributed by atoms with E-state index in [4.69, 9.17) is 19.5 Å². The Labute approximate surface area is 219 Å². The van der Waals surface area contributed by atoms with Crippen molar-refractivity contribution in [3.63, 3.8) is 0 Å². The van der Waals surface area contributed by atoms with Gasteiger partial charge in [0.15, 0.2) is 0 Å². The van der Waals surface area contributed by atoms with E-state index < -0.39 is 18.4 Å². The van der Waals surface area contributed by atoms with Gasteiger partial charge in [0.25, 0.3) is 0 Å². The number of hydrogen-bond acceptors (Lipinski definition) is 4.